The Balaban J connectivity index is 0.000000288. The Labute approximate surface area is 276 Å². The average Bonchev–Trinajstić information content (AvgIpc) is 3.07. The predicted octanol–water partition coefficient (Wildman–Crippen LogP) is 0.494. The van der Waals surface area contributed by atoms with Crippen LogP contribution in [0, 0.1) is 0 Å². The molecule has 0 radical (unpaired) electrons. The number of hydrogen-bond acceptors (Lipinski definition) is 11. The fourth-order valence-corrected chi connectivity index (χ4v) is 2.61. The fourth-order valence-electron chi connectivity index (χ4n) is 2.61. The summed E-state index contributed by atoms with van der Waals surface area (Å²) in [4.78, 5) is 65.5. The topological polar surface area (TPSA) is 177 Å². The van der Waals surface area contributed by atoms with Crippen LogP contribution in [0.2, 0.25) is 0 Å². The maximum absolute atomic E-state index is 10.5. The van der Waals surface area contributed by atoms with Crippen LogP contribution in [-0.2, 0) is 35.2 Å². The maximum atomic E-state index is 10.5. The Morgan fingerprint density at radius 2 is 1.31 bits per heavy atom. The van der Waals surface area contributed by atoms with Gasteiger partial charge in [0.15, 0.2) is 10.9 Å². The van der Waals surface area contributed by atoms with Gasteiger partial charge in [-0.2, -0.15) is 10.2 Å². The molecule has 1 aliphatic rings. The van der Waals surface area contributed by atoms with Crippen molar-refractivity contribution < 1.29 is 0 Å². The fraction of sp³-hybridized carbons (Fsp3) is 0.188. The molecule has 0 aliphatic carbocycles. The molecule has 16 nitrogen and oxygen atoms in total. The number of rotatable bonds is 0. The summed E-state index contributed by atoms with van der Waals surface area (Å²) < 4.78 is 7.55. The molecule has 6 rings (SSSR count). The molecular weight excluding hydrogens is 618 g/mol. The van der Waals surface area contributed by atoms with Crippen LogP contribution in [0.3, 0.4) is 0 Å². The van der Waals surface area contributed by atoms with E-state index in [-0.39, 0.29) is 27.5 Å². The lowest BCUT2D eigenvalue weighted by molar-refractivity contribution is 0.701. The zero-order valence-electron chi connectivity index (χ0n) is 27.6. The zero-order valence-corrected chi connectivity index (χ0v) is 27.6. The van der Waals surface area contributed by atoms with E-state index in [1.54, 1.807) is 82.5 Å². The normalized spacial score (nSPS) is 10.5. The molecule has 5 aromatic rings. The van der Waals surface area contributed by atoms with Gasteiger partial charge in [-0.1, -0.05) is 6.58 Å². The Hall–Kier alpha value is -6.58. The Kier molecular flexibility index (Phi) is 18.1. The second-order valence-corrected chi connectivity index (χ2v) is 9.49. The molecule has 0 atom stereocenters. The molecule has 0 saturated heterocycles. The van der Waals surface area contributed by atoms with Gasteiger partial charge in [-0.15, -0.1) is 0 Å². The summed E-state index contributed by atoms with van der Waals surface area (Å²) in [6, 6.07) is 9.02. The molecule has 6 heterocycles. The molecule has 48 heavy (non-hydrogen) atoms. The lowest BCUT2D eigenvalue weighted by atomic mass is 10.4. The van der Waals surface area contributed by atoms with Gasteiger partial charge >= 0.3 is 0 Å². The van der Waals surface area contributed by atoms with E-state index in [2.05, 4.69) is 31.7 Å². The molecule has 1 aliphatic heterocycles. The van der Waals surface area contributed by atoms with Crippen LogP contribution in [0.4, 0.5) is 0 Å². The monoisotopic (exact) mass is 657 g/mol. The lowest BCUT2D eigenvalue weighted by Crippen LogP contribution is -2.16. The van der Waals surface area contributed by atoms with Crippen molar-refractivity contribution in [2.24, 2.45) is 40.2 Å². The van der Waals surface area contributed by atoms with E-state index < -0.39 is 0 Å². The predicted molar refractivity (Wildman–Crippen MR) is 184 cm³/mol. The second-order valence-electron chi connectivity index (χ2n) is 9.49. The van der Waals surface area contributed by atoms with Crippen LogP contribution in [-0.4, -0.2) is 61.5 Å². The summed E-state index contributed by atoms with van der Waals surface area (Å²) in [6.07, 6.45) is 20.8. The van der Waals surface area contributed by atoms with Crippen molar-refractivity contribution in [1.82, 2.24) is 48.1 Å². The third-order valence-corrected chi connectivity index (χ3v) is 5.36. The number of aryl methyl sites for hydroxylation is 5. The van der Waals surface area contributed by atoms with Crippen LogP contribution >= 0.6 is 0 Å². The minimum atomic E-state index is -0.0764. The highest BCUT2D eigenvalue weighted by atomic mass is 16.1. The van der Waals surface area contributed by atoms with Crippen molar-refractivity contribution in [3.63, 3.8) is 0 Å². The molecule has 0 amide bonds. The average molecular weight is 658 g/mol. The van der Waals surface area contributed by atoms with Crippen LogP contribution in [0.1, 0.15) is 0 Å². The first-order valence-corrected chi connectivity index (χ1v) is 13.9. The first-order chi connectivity index (χ1) is 22.8. The third-order valence-electron chi connectivity index (χ3n) is 5.36. The molecule has 0 unspecified atom stereocenters. The largest absolute Gasteiger partial charge is 0.357 e. The summed E-state index contributed by atoms with van der Waals surface area (Å²) in [5, 5.41) is 7.37. The lowest BCUT2D eigenvalue weighted by Gasteiger charge is -2.08. The Bertz CT molecular complexity index is 1830. The van der Waals surface area contributed by atoms with Crippen molar-refractivity contribution in [2.75, 3.05) is 7.05 Å². The SMILES string of the molecule is C=C1C=CN(C)C=N1.Cn1ccc(=O)cc1.Cn1ccc(=O)cn1.Cn1ccncc1=O.Cn1cnccc1=O.Cn1ncccc1=O. The smallest absolute Gasteiger partial charge is 0.268 e. The highest BCUT2D eigenvalue weighted by molar-refractivity contribution is 5.60. The van der Waals surface area contributed by atoms with Gasteiger partial charge < -0.3 is 18.6 Å². The Morgan fingerprint density at radius 3 is 1.69 bits per heavy atom. The quantitative estimate of drug-likeness (QED) is 0.228. The van der Waals surface area contributed by atoms with Crippen molar-refractivity contribution in [2.45, 2.75) is 0 Å². The molecule has 0 saturated carbocycles. The minimum Gasteiger partial charge on any atom is -0.357 e. The second kappa shape index (κ2) is 22.0. The van der Waals surface area contributed by atoms with E-state index in [9.17, 15) is 24.0 Å². The van der Waals surface area contributed by atoms with Gasteiger partial charge in [-0.05, 0) is 12.1 Å². The summed E-state index contributed by atoms with van der Waals surface area (Å²) in [7, 11) is 10.5. The van der Waals surface area contributed by atoms with E-state index in [1.807, 2.05) is 35.8 Å². The van der Waals surface area contributed by atoms with Crippen LogP contribution < -0.4 is 27.5 Å². The van der Waals surface area contributed by atoms with Gasteiger partial charge in [0.1, 0.15) is 0 Å². The number of aliphatic imine (C=N–C) groups is 1. The third kappa shape index (κ3) is 18.3. The van der Waals surface area contributed by atoms with Gasteiger partial charge in [0, 0.05) is 122 Å². The van der Waals surface area contributed by atoms with Gasteiger partial charge in [-0.25, -0.2) is 14.7 Å². The molecule has 0 spiro atoms. The summed E-state index contributed by atoms with van der Waals surface area (Å²) >= 11 is 0. The zero-order chi connectivity index (χ0) is 35.9. The minimum absolute atomic E-state index is 0.0278. The molecular formula is C32H39N11O5. The molecule has 0 N–H and O–H groups in total. The molecule has 5 aromatic heterocycles. The molecule has 0 fully saturated rings. The number of allylic oxidation sites excluding steroid dienone is 1. The molecule has 16 heteroatoms. The standard InChI is InChI=1S/C6H8N2.C6H7NO.4C5H6N2O/c1-6-3-4-8(2)5-7-6;1-7-4-2-6(8)3-5-7;1-7-3-2-6-4-5(7)8;1-7-4-6-3-2-5(7)8;1-7-3-2-5(8)4-6-7;1-7-5(8)3-2-4-6-7/h3-5H,1H2,2H3;2-5H,1H3;4*2-4H,1H3. The van der Waals surface area contributed by atoms with E-state index >= 15 is 0 Å². The summed E-state index contributed by atoms with van der Waals surface area (Å²) in [5.74, 6) is 0. The van der Waals surface area contributed by atoms with Gasteiger partial charge in [-0.3, -0.25) is 33.6 Å². The molecule has 252 valence electrons. The van der Waals surface area contributed by atoms with Crippen LogP contribution in [0.25, 0.3) is 0 Å². The van der Waals surface area contributed by atoms with E-state index in [0.29, 0.717) is 0 Å². The molecule has 0 aromatic carbocycles. The molecule has 0 bridgehead atoms. The van der Waals surface area contributed by atoms with Gasteiger partial charge in [0.2, 0.25) is 0 Å². The van der Waals surface area contributed by atoms with Gasteiger partial charge in [0.05, 0.1) is 30.8 Å². The van der Waals surface area contributed by atoms with Crippen molar-refractivity contribution in [3.8, 4) is 0 Å². The number of aromatic nitrogens is 9. The number of nitrogens with zero attached hydrogens (tertiary/aromatic N) is 11. The highest BCUT2D eigenvalue weighted by Gasteiger charge is 1.90. The van der Waals surface area contributed by atoms with E-state index in [0.717, 1.165) is 5.70 Å². The maximum Gasteiger partial charge on any atom is 0.268 e. The Morgan fingerprint density at radius 1 is 0.625 bits per heavy atom. The summed E-state index contributed by atoms with van der Waals surface area (Å²) in [5.41, 5.74) is 0.634. The van der Waals surface area contributed by atoms with Crippen LogP contribution in [0.5, 0.6) is 0 Å². The van der Waals surface area contributed by atoms with Crippen molar-refractivity contribution in [1.29, 1.82) is 0 Å². The first-order valence-electron chi connectivity index (χ1n) is 13.9. The van der Waals surface area contributed by atoms with Crippen LogP contribution in [0.15, 0.2) is 152 Å². The first kappa shape index (κ1) is 39.4. The van der Waals surface area contributed by atoms with Crippen molar-refractivity contribution in [3.05, 3.63) is 175 Å². The van der Waals surface area contributed by atoms with E-state index in [1.165, 1.54) is 69.1 Å². The summed E-state index contributed by atoms with van der Waals surface area (Å²) in [6.45, 7) is 3.64. The highest BCUT2D eigenvalue weighted by Crippen LogP contribution is 1.99. The van der Waals surface area contributed by atoms with Gasteiger partial charge in [0.25, 0.3) is 16.7 Å². The van der Waals surface area contributed by atoms with E-state index in [4.69, 9.17) is 0 Å². The number of hydrogen-bond donors (Lipinski definition) is 0. The van der Waals surface area contributed by atoms with Crippen molar-refractivity contribution >= 4 is 6.34 Å². The number of pyridine rings is 1.